The van der Waals surface area contributed by atoms with Gasteiger partial charge in [-0.3, -0.25) is 4.79 Å². The van der Waals surface area contributed by atoms with Gasteiger partial charge in [0.1, 0.15) is 0 Å². The molecule has 1 aromatic rings. The van der Waals surface area contributed by atoms with E-state index in [0.29, 0.717) is 13.0 Å². The maximum atomic E-state index is 13.0. The third-order valence-corrected chi connectivity index (χ3v) is 3.00. The third kappa shape index (κ3) is 2.40. The van der Waals surface area contributed by atoms with Gasteiger partial charge in [0.05, 0.1) is 16.7 Å². The Morgan fingerprint density at radius 2 is 2.06 bits per heavy atom. The number of benzene rings is 1. The van der Waals surface area contributed by atoms with E-state index >= 15 is 0 Å². The minimum Gasteiger partial charge on any atom is -0.391 e. The highest BCUT2D eigenvalue weighted by Gasteiger charge is 2.27. The van der Waals surface area contributed by atoms with Crippen molar-refractivity contribution >= 4 is 17.5 Å². The van der Waals surface area contributed by atoms with Crippen LogP contribution in [-0.4, -0.2) is 35.1 Å². The van der Waals surface area contributed by atoms with Crippen LogP contribution in [0.15, 0.2) is 12.1 Å². The Morgan fingerprint density at radius 3 is 2.65 bits per heavy atom. The van der Waals surface area contributed by atoms with E-state index in [2.05, 4.69) is 0 Å². The average Bonchev–Trinajstić information content (AvgIpc) is 2.69. The number of carbonyl (C=O) groups is 1. The van der Waals surface area contributed by atoms with Gasteiger partial charge in [-0.1, -0.05) is 11.6 Å². The standard InChI is InChI=1S/C11H10ClF2NO2/c12-8-4-10(14)9(13)3-7(8)11(17)15-2-1-6(16)5-15/h3-4,6,16H,1-2,5H2/t6-/m1/s1. The SMILES string of the molecule is O=C(c1cc(F)c(F)cc1Cl)N1CC[C@@H](O)C1. The molecular weight excluding hydrogens is 252 g/mol. The quantitative estimate of drug-likeness (QED) is 0.784. The Morgan fingerprint density at radius 1 is 1.41 bits per heavy atom. The number of carbonyl (C=O) groups excluding carboxylic acids is 1. The second-order valence-corrected chi connectivity index (χ2v) is 4.35. The fourth-order valence-corrected chi connectivity index (χ4v) is 2.01. The van der Waals surface area contributed by atoms with Crippen molar-refractivity contribution in [3.05, 3.63) is 34.4 Å². The number of aliphatic hydroxyl groups is 1. The summed E-state index contributed by atoms with van der Waals surface area (Å²) in [4.78, 5) is 13.3. The van der Waals surface area contributed by atoms with Crippen molar-refractivity contribution < 1.29 is 18.7 Å². The van der Waals surface area contributed by atoms with Gasteiger partial charge < -0.3 is 10.0 Å². The molecule has 0 radical (unpaired) electrons. The second-order valence-electron chi connectivity index (χ2n) is 3.94. The van der Waals surface area contributed by atoms with E-state index < -0.39 is 23.6 Å². The van der Waals surface area contributed by atoms with Crippen molar-refractivity contribution in [2.45, 2.75) is 12.5 Å². The molecule has 6 heteroatoms. The zero-order valence-corrected chi connectivity index (χ0v) is 9.55. The summed E-state index contributed by atoms with van der Waals surface area (Å²) < 4.78 is 25.9. The number of β-amino-alcohol motifs (C(OH)–C–C–N with tert-alkyl or cyclic N) is 1. The molecule has 0 unspecified atom stereocenters. The summed E-state index contributed by atoms with van der Waals surface area (Å²) in [6.45, 7) is 0.573. The van der Waals surface area contributed by atoms with Gasteiger partial charge in [-0.05, 0) is 18.6 Å². The van der Waals surface area contributed by atoms with E-state index in [0.717, 1.165) is 12.1 Å². The summed E-state index contributed by atoms with van der Waals surface area (Å²) >= 11 is 5.69. The molecule has 1 atom stereocenters. The van der Waals surface area contributed by atoms with E-state index in [1.807, 2.05) is 0 Å². The summed E-state index contributed by atoms with van der Waals surface area (Å²) in [7, 11) is 0. The van der Waals surface area contributed by atoms with Gasteiger partial charge in [-0.25, -0.2) is 8.78 Å². The Balaban J connectivity index is 2.28. The number of hydrogen-bond donors (Lipinski definition) is 1. The molecule has 17 heavy (non-hydrogen) atoms. The smallest absolute Gasteiger partial charge is 0.255 e. The minimum absolute atomic E-state index is 0.0836. The largest absolute Gasteiger partial charge is 0.391 e. The molecule has 92 valence electrons. The molecule has 1 amide bonds. The van der Waals surface area contributed by atoms with Crippen molar-refractivity contribution in [1.82, 2.24) is 4.90 Å². The van der Waals surface area contributed by atoms with Crippen LogP contribution < -0.4 is 0 Å². The van der Waals surface area contributed by atoms with E-state index in [4.69, 9.17) is 11.6 Å². The number of amides is 1. The summed E-state index contributed by atoms with van der Waals surface area (Å²) in [5.74, 6) is -2.70. The lowest BCUT2D eigenvalue weighted by Crippen LogP contribution is -2.29. The van der Waals surface area contributed by atoms with Crippen molar-refractivity contribution in [2.75, 3.05) is 13.1 Å². The molecule has 2 rings (SSSR count). The highest BCUT2D eigenvalue weighted by Crippen LogP contribution is 2.23. The number of hydrogen-bond acceptors (Lipinski definition) is 2. The van der Waals surface area contributed by atoms with Gasteiger partial charge in [-0.2, -0.15) is 0 Å². The first-order valence-corrected chi connectivity index (χ1v) is 5.48. The number of aliphatic hydroxyl groups excluding tert-OH is 1. The number of rotatable bonds is 1. The molecule has 1 fully saturated rings. The van der Waals surface area contributed by atoms with Gasteiger partial charge in [0.2, 0.25) is 0 Å². The molecule has 0 bridgehead atoms. The minimum atomic E-state index is -1.11. The Hall–Kier alpha value is -1.20. The van der Waals surface area contributed by atoms with E-state index in [9.17, 15) is 18.7 Å². The van der Waals surface area contributed by atoms with Crippen molar-refractivity contribution in [3.8, 4) is 0 Å². The van der Waals surface area contributed by atoms with Gasteiger partial charge in [0, 0.05) is 13.1 Å². The zero-order chi connectivity index (χ0) is 12.6. The van der Waals surface area contributed by atoms with Gasteiger partial charge >= 0.3 is 0 Å². The molecule has 0 saturated carbocycles. The summed E-state index contributed by atoms with van der Waals surface area (Å²) in [5, 5.41) is 9.17. The van der Waals surface area contributed by atoms with E-state index in [1.54, 1.807) is 0 Å². The van der Waals surface area contributed by atoms with Crippen molar-refractivity contribution in [2.24, 2.45) is 0 Å². The maximum absolute atomic E-state index is 13.0. The topological polar surface area (TPSA) is 40.5 Å². The first-order valence-electron chi connectivity index (χ1n) is 5.11. The molecule has 1 heterocycles. The predicted molar refractivity (Wildman–Crippen MR) is 57.9 cm³/mol. The lowest BCUT2D eigenvalue weighted by atomic mass is 10.2. The van der Waals surface area contributed by atoms with Gasteiger partial charge in [-0.15, -0.1) is 0 Å². The molecule has 1 aromatic carbocycles. The summed E-state index contributed by atoms with van der Waals surface area (Å²) in [5.41, 5.74) is -0.0836. The predicted octanol–water partition coefficient (Wildman–Crippen LogP) is 1.82. The van der Waals surface area contributed by atoms with Crippen molar-refractivity contribution in [3.63, 3.8) is 0 Å². The third-order valence-electron chi connectivity index (χ3n) is 2.69. The summed E-state index contributed by atoms with van der Waals surface area (Å²) in [6, 6.07) is 1.56. The first-order chi connectivity index (χ1) is 7.99. The lowest BCUT2D eigenvalue weighted by Gasteiger charge is -2.16. The molecule has 3 nitrogen and oxygen atoms in total. The second kappa shape index (κ2) is 4.58. The Kier molecular flexibility index (Phi) is 3.31. The lowest BCUT2D eigenvalue weighted by molar-refractivity contribution is 0.0764. The van der Waals surface area contributed by atoms with Crippen LogP contribution >= 0.6 is 11.6 Å². The van der Waals surface area contributed by atoms with Crippen LogP contribution in [-0.2, 0) is 0 Å². The van der Waals surface area contributed by atoms with Crippen LogP contribution in [0.5, 0.6) is 0 Å². The normalized spacial score (nSPS) is 19.8. The van der Waals surface area contributed by atoms with Crippen LogP contribution in [0.1, 0.15) is 16.8 Å². The number of nitrogens with zero attached hydrogens (tertiary/aromatic N) is 1. The molecule has 1 aliphatic heterocycles. The van der Waals surface area contributed by atoms with Crippen LogP contribution in [0.3, 0.4) is 0 Å². The molecule has 0 aliphatic carbocycles. The number of halogens is 3. The number of likely N-dealkylation sites (tertiary alicyclic amines) is 1. The molecule has 1 saturated heterocycles. The molecule has 1 N–H and O–H groups in total. The highest BCUT2D eigenvalue weighted by molar-refractivity contribution is 6.33. The first kappa shape index (κ1) is 12.3. The Bertz CT molecular complexity index is 467. The van der Waals surface area contributed by atoms with Crippen LogP contribution in [0.4, 0.5) is 8.78 Å². The molecule has 0 aromatic heterocycles. The fraction of sp³-hybridized carbons (Fsp3) is 0.364. The van der Waals surface area contributed by atoms with Gasteiger partial charge in [0.15, 0.2) is 11.6 Å². The Labute approximate surface area is 102 Å². The highest BCUT2D eigenvalue weighted by atomic mass is 35.5. The monoisotopic (exact) mass is 261 g/mol. The van der Waals surface area contributed by atoms with Crippen LogP contribution in [0.2, 0.25) is 5.02 Å². The van der Waals surface area contributed by atoms with Crippen LogP contribution in [0, 0.1) is 11.6 Å². The average molecular weight is 262 g/mol. The zero-order valence-electron chi connectivity index (χ0n) is 8.79. The van der Waals surface area contributed by atoms with E-state index in [1.165, 1.54) is 4.90 Å². The van der Waals surface area contributed by atoms with Gasteiger partial charge in [0.25, 0.3) is 5.91 Å². The maximum Gasteiger partial charge on any atom is 0.255 e. The fourth-order valence-electron chi connectivity index (χ4n) is 1.78. The van der Waals surface area contributed by atoms with E-state index in [-0.39, 0.29) is 17.1 Å². The summed E-state index contributed by atoms with van der Waals surface area (Å²) in [6.07, 6.45) is -0.0874. The molecule has 0 spiro atoms. The van der Waals surface area contributed by atoms with Crippen molar-refractivity contribution in [1.29, 1.82) is 0 Å². The molecular formula is C11H10ClF2NO2. The molecule has 1 aliphatic rings. The van der Waals surface area contributed by atoms with Crippen LogP contribution in [0.25, 0.3) is 0 Å².